The fraction of sp³-hybridized carbons (Fsp3) is 1.00. The van der Waals surface area contributed by atoms with Gasteiger partial charge in [0.05, 0.1) is 19.3 Å². The third kappa shape index (κ3) is 4.82. The predicted molar refractivity (Wildman–Crippen MR) is 93.0 cm³/mol. The molecule has 4 unspecified atom stereocenters. The van der Waals surface area contributed by atoms with Gasteiger partial charge in [-0.15, -0.1) is 0 Å². The first-order chi connectivity index (χ1) is 12.3. The van der Waals surface area contributed by atoms with Crippen molar-refractivity contribution < 1.29 is 49.6 Å². The molecular formula is C14H26O10S2. The second kappa shape index (κ2) is 10.2. The predicted octanol–water partition coefficient (Wildman–Crippen LogP) is -3.51. The summed E-state index contributed by atoms with van der Waals surface area (Å²) in [5.74, 6) is 0.403. The van der Waals surface area contributed by atoms with Crippen molar-refractivity contribution in [2.24, 2.45) is 0 Å². The highest BCUT2D eigenvalue weighted by Crippen LogP contribution is 2.29. The highest BCUT2D eigenvalue weighted by Gasteiger charge is 2.50. The van der Waals surface area contributed by atoms with Crippen LogP contribution in [0, 0.1) is 0 Å². The van der Waals surface area contributed by atoms with E-state index < -0.39 is 68.0 Å². The minimum atomic E-state index is -1.62. The molecular weight excluding hydrogens is 392 g/mol. The van der Waals surface area contributed by atoms with Crippen LogP contribution < -0.4 is 0 Å². The topological polar surface area (TPSA) is 158 Å². The van der Waals surface area contributed by atoms with Gasteiger partial charge in [0.15, 0.2) is 12.6 Å². The number of ether oxygens (including phenoxy) is 4. The first kappa shape index (κ1) is 22.6. The van der Waals surface area contributed by atoms with E-state index in [0.29, 0.717) is 5.75 Å². The fourth-order valence-electron chi connectivity index (χ4n) is 2.86. The highest BCUT2D eigenvalue weighted by atomic mass is 32.1. The Morgan fingerprint density at radius 1 is 0.769 bits per heavy atom. The first-order valence-electron chi connectivity index (χ1n) is 8.16. The largest absolute Gasteiger partial charge is 0.394 e. The highest BCUT2D eigenvalue weighted by molar-refractivity contribution is 7.80. The van der Waals surface area contributed by atoms with E-state index in [4.69, 9.17) is 18.9 Å². The minimum absolute atomic E-state index is 0.0419. The summed E-state index contributed by atoms with van der Waals surface area (Å²) in [6, 6.07) is 0. The molecule has 10 atom stereocenters. The average molecular weight is 418 g/mol. The molecule has 6 N–H and O–H groups in total. The van der Waals surface area contributed by atoms with E-state index in [2.05, 4.69) is 25.3 Å². The van der Waals surface area contributed by atoms with Crippen LogP contribution in [-0.2, 0) is 18.9 Å². The van der Waals surface area contributed by atoms with Crippen LogP contribution in [0.2, 0.25) is 0 Å². The molecule has 0 aliphatic carbocycles. The van der Waals surface area contributed by atoms with Crippen molar-refractivity contribution in [3.05, 3.63) is 0 Å². The lowest BCUT2D eigenvalue weighted by Gasteiger charge is -2.46. The summed E-state index contributed by atoms with van der Waals surface area (Å²) < 4.78 is 21.5. The quantitative estimate of drug-likeness (QED) is 0.195. The Kier molecular flexibility index (Phi) is 8.85. The maximum Gasteiger partial charge on any atom is 0.187 e. The third-order valence-corrected chi connectivity index (χ3v) is 4.88. The molecule has 2 fully saturated rings. The van der Waals surface area contributed by atoms with Crippen LogP contribution in [0.25, 0.3) is 0 Å². The lowest BCUT2D eigenvalue weighted by atomic mass is 9.97. The van der Waals surface area contributed by atoms with Crippen molar-refractivity contribution >= 4 is 25.3 Å². The Labute approximate surface area is 161 Å². The molecule has 2 rings (SSSR count). The number of rotatable bonds is 7. The van der Waals surface area contributed by atoms with Crippen molar-refractivity contribution in [1.82, 2.24) is 0 Å². The maximum atomic E-state index is 10.3. The molecule has 10 nitrogen and oxygen atoms in total. The summed E-state index contributed by atoms with van der Waals surface area (Å²) in [4.78, 5) is 0. The Hall–Kier alpha value is 0.300. The molecule has 12 heteroatoms. The van der Waals surface area contributed by atoms with Crippen molar-refractivity contribution in [3.63, 3.8) is 0 Å². The summed E-state index contributed by atoms with van der Waals surface area (Å²) in [6.45, 7) is -0.418. The van der Waals surface area contributed by atoms with Crippen molar-refractivity contribution in [1.29, 1.82) is 0 Å². The van der Waals surface area contributed by atoms with Gasteiger partial charge in [-0.05, 0) is 0 Å². The zero-order valence-corrected chi connectivity index (χ0v) is 15.6. The van der Waals surface area contributed by atoms with E-state index in [1.165, 1.54) is 0 Å². The van der Waals surface area contributed by atoms with Crippen LogP contribution in [0.5, 0.6) is 0 Å². The van der Waals surface area contributed by atoms with E-state index >= 15 is 0 Å². The van der Waals surface area contributed by atoms with Gasteiger partial charge in [-0.25, -0.2) is 0 Å². The second-order valence-corrected chi connectivity index (χ2v) is 6.91. The van der Waals surface area contributed by atoms with Crippen molar-refractivity contribution in [3.8, 4) is 0 Å². The molecule has 2 saturated heterocycles. The smallest absolute Gasteiger partial charge is 0.187 e. The van der Waals surface area contributed by atoms with Crippen LogP contribution in [0.3, 0.4) is 0 Å². The van der Waals surface area contributed by atoms with Gasteiger partial charge in [0, 0.05) is 11.5 Å². The molecule has 0 aromatic rings. The first-order valence-corrected chi connectivity index (χ1v) is 9.43. The van der Waals surface area contributed by atoms with Gasteiger partial charge in [-0.3, -0.25) is 0 Å². The standard InChI is InChI=1S/C14H26O10S2/c15-3-5-12(9(18)11(20)13(22-5)21-1-2-25)24-14-10(19)8(17)7(16)6(4-26)23-14/h5-20,25-26H,1-4H2/t5?,6?,7-,8?,9?,10-,11-,12+,13+,14-/m0/s1. The Balaban J connectivity index is 2.09. The molecule has 0 spiro atoms. The molecule has 0 aromatic carbocycles. The lowest BCUT2D eigenvalue weighted by molar-refractivity contribution is -0.355. The normalized spacial score (nSPS) is 47.1. The van der Waals surface area contributed by atoms with Gasteiger partial charge < -0.3 is 49.6 Å². The summed E-state index contributed by atoms with van der Waals surface area (Å²) in [5, 5.41) is 59.8. The van der Waals surface area contributed by atoms with Crippen LogP contribution in [0.1, 0.15) is 0 Å². The summed E-state index contributed by atoms with van der Waals surface area (Å²) >= 11 is 7.97. The minimum Gasteiger partial charge on any atom is -0.394 e. The fourth-order valence-corrected chi connectivity index (χ4v) is 3.27. The second-order valence-electron chi connectivity index (χ2n) is 6.10. The zero-order valence-electron chi connectivity index (χ0n) is 13.8. The van der Waals surface area contributed by atoms with Gasteiger partial charge in [-0.1, -0.05) is 0 Å². The van der Waals surface area contributed by atoms with Crippen LogP contribution in [0.15, 0.2) is 0 Å². The number of hydrogen-bond donors (Lipinski definition) is 8. The number of thiol groups is 2. The molecule has 26 heavy (non-hydrogen) atoms. The molecule has 2 aliphatic rings. The number of aliphatic hydroxyl groups is 6. The molecule has 0 saturated carbocycles. The molecule has 0 bridgehead atoms. The van der Waals surface area contributed by atoms with E-state index in [0.717, 1.165) is 0 Å². The van der Waals surface area contributed by atoms with Gasteiger partial charge >= 0.3 is 0 Å². The van der Waals surface area contributed by atoms with Crippen LogP contribution in [0.4, 0.5) is 0 Å². The van der Waals surface area contributed by atoms with Crippen molar-refractivity contribution in [2.75, 3.05) is 24.7 Å². The molecule has 0 radical (unpaired) electrons. The van der Waals surface area contributed by atoms with E-state index in [1.54, 1.807) is 0 Å². The van der Waals surface area contributed by atoms with E-state index in [9.17, 15) is 30.6 Å². The number of aliphatic hydroxyl groups excluding tert-OH is 6. The van der Waals surface area contributed by atoms with Gasteiger partial charge in [0.25, 0.3) is 0 Å². The van der Waals surface area contributed by atoms with Gasteiger partial charge in [0.1, 0.15) is 42.7 Å². The Bertz CT molecular complexity index is 429. The monoisotopic (exact) mass is 418 g/mol. The van der Waals surface area contributed by atoms with E-state index in [-0.39, 0.29) is 12.4 Å². The molecule has 2 aliphatic heterocycles. The SMILES string of the molecule is OCC1O[C@@H](OCCS)[C@@H](O)C(O)[C@@H]1O[C@@H]1OC(CS)[C@H](O)C(O)[C@@H]1O. The summed E-state index contributed by atoms with van der Waals surface area (Å²) in [5.41, 5.74) is 0. The van der Waals surface area contributed by atoms with Gasteiger partial charge in [-0.2, -0.15) is 25.3 Å². The summed E-state index contributed by atoms with van der Waals surface area (Å²) in [7, 11) is 0. The Morgan fingerprint density at radius 3 is 1.96 bits per heavy atom. The number of hydrogen-bond acceptors (Lipinski definition) is 12. The van der Waals surface area contributed by atoms with E-state index in [1.807, 2.05) is 0 Å². The van der Waals surface area contributed by atoms with Crippen LogP contribution >= 0.6 is 25.3 Å². The molecule has 0 amide bonds. The maximum absolute atomic E-state index is 10.3. The Morgan fingerprint density at radius 2 is 1.38 bits per heavy atom. The average Bonchev–Trinajstić information content (AvgIpc) is 2.64. The summed E-state index contributed by atoms with van der Waals surface area (Å²) in [6.07, 6.45) is -13.5. The van der Waals surface area contributed by atoms with Crippen LogP contribution in [-0.4, -0.2) is 117 Å². The molecule has 2 heterocycles. The van der Waals surface area contributed by atoms with Crippen molar-refractivity contribution in [2.45, 2.75) is 61.4 Å². The molecule has 154 valence electrons. The lowest BCUT2D eigenvalue weighted by Crippen LogP contribution is -2.64. The third-order valence-electron chi connectivity index (χ3n) is 4.33. The molecule has 0 aromatic heterocycles. The van der Waals surface area contributed by atoms with Gasteiger partial charge in [0.2, 0.25) is 0 Å². The zero-order chi connectivity index (χ0) is 19.4.